The van der Waals surface area contributed by atoms with E-state index in [9.17, 15) is 14.5 Å². The van der Waals surface area contributed by atoms with Crippen LogP contribution in [0.5, 0.6) is 0 Å². The van der Waals surface area contributed by atoms with E-state index in [0.29, 0.717) is 0 Å². The molecule has 1 saturated carbocycles. The van der Waals surface area contributed by atoms with Crippen LogP contribution in [0.4, 0.5) is 10.1 Å². The Balaban J connectivity index is 2.60. The summed E-state index contributed by atoms with van der Waals surface area (Å²) in [6.45, 7) is 0.259. The van der Waals surface area contributed by atoms with E-state index in [-0.39, 0.29) is 17.8 Å². The number of hydrogen-bond acceptors (Lipinski definition) is 3. The number of halogens is 1. The van der Waals surface area contributed by atoms with Crippen LogP contribution in [-0.2, 0) is 5.41 Å². The smallest absolute Gasteiger partial charge is 0.276 e. The first-order chi connectivity index (χ1) is 8.10. The maximum atomic E-state index is 13.9. The first-order valence-corrected chi connectivity index (χ1v) is 5.74. The van der Waals surface area contributed by atoms with E-state index >= 15 is 0 Å². The highest BCUT2D eigenvalue weighted by Crippen LogP contribution is 2.44. The van der Waals surface area contributed by atoms with Gasteiger partial charge in [0.2, 0.25) is 0 Å². The summed E-state index contributed by atoms with van der Waals surface area (Å²) in [7, 11) is 0. The van der Waals surface area contributed by atoms with Gasteiger partial charge in [-0.1, -0.05) is 18.9 Å². The van der Waals surface area contributed by atoms with Gasteiger partial charge in [0.05, 0.1) is 10.5 Å². The third kappa shape index (κ3) is 1.91. The minimum atomic E-state index is -0.548. The van der Waals surface area contributed by atoms with E-state index in [0.717, 1.165) is 25.7 Å². The van der Waals surface area contributed by atoms with Crippen LogP contribution in [-0.4, -0.2) is 11.5 Å². The van der Waals surface area contributed by atoms with Crippen molar-refractivity contribution >= 4 is 5.69 Å². The highest BCUT2D eigenvalue weighted by molar-refractivity contribution is 5.47. The molecule has 0 saturated heterocycles. The summed E-state index contributed by atoms with van der Waals surface area (Å²) >= 11 is 0. The minimum absolute atomic E-state index is 0.141. The number of nitrogens with two attached hydrogens (primary N) is 1. The summed E-state index contributed by atoms with van der Waals surface area (Å²) in [4.78, 5) is 10.5. The standard InChI is InChI=1S/C12H15FN2O2/c13-9-4-3-5-10(15(16)17)11(9)12(8-14)6-1-2-7-12/h3-5H,1-2,6-8,14H2. The second-order valence-electron chi connectivity index (χ2n) is 4.58. The Bertz CT molecular complexity index is 442. The normalized spacial score (nSPS) is 18.2. The van der Waals surface area contributed by atoms with E-state index in [1.807, 2.05) is 0 Å². The maximum Gasteiger partial charge on any atom is 0.276 e. The van der Waals surface area contributed by atoms with Gasteiger partial charge in [-0.15, -0.1) is 0 Å². The molecule has 17 heavy (non-hydrogen) atoms. The van der Waals surface area contributed by atoms with Gasteiger partial charge in [-0.05, 0) is 18.9 Å². The SMILES string of the molecule is NCC1(c2c(F)cccc2[N+](=O)[O-])CCCC1. The van der Waals surface area contributed by atoms with Gasteiger partial charge >= 0.3 is 0 Å². The Morgan fingerprint density at radius 2 is 2.06 bits per heavy atom. The van der Waals surface area contributed by atoms with Crippen LogP contribution >= 0.6 is 0 Å². The van der Waals surface area contributed by atoms with Crippen molar-refractivity contribution in [2.45, 2.75) is 31.1 Å². The van der Waals surface area contributed by atoms with Gasteiger partial charge in [-0.25, -0.2) is 4.39 Å². The molecule has 0 aliphatic heterocycles. The molecule has 0 aromatic heterocycles. The molecule has 1 aromatic carbocycles. The molecule has 0 radical (unpaired) electrons. The average molecular weight is 238 g/mol. The Morgan fingerprint density at radius 1 is 1.41 bits per heavy atom. The second kappa shape index (κ2) is 4.41. The Labute approximate surface area is 98.8 Å². The number of hydrogen-bond donors (Lipinski definition) is 1. The van der Waals surface area contributed by atoms with Crippen LogP contribution in [0.2, 0.25) is 0 Å². The summed E-state index contributed by atoms with van der Waals surface area (Å²) in [5, 5.41) is 11.0. The summed E-state index contributed by atoms with van der Waals surface area (Å²) in [6, 6.07) is 4.00. The zero-order valence-corrected chi connectivity index (χ0v) is 9.49. The summed E-state index contributed by atoms with van der Waals surface area (Å²) in [5.74, 6) is -0.508. The van der Waals surface area contributed by atoms with Crippen LogP contribution < -0.4 is 5.73 Å². The molecule has 0 amide bonds. The molecule has 0 heterocycles. The van der Waals surface area contributed by atoms with Gasteiger partial charge in [-0.2, -0.15) is 0 Å². The molecule has 92 valence electrons. The van der Waals surface area contributed by atoms with Gasteiger partial charge in [0.1, 0.15) is 5.82 Å². The van der Waals surface area contributed by atoms with Crippen molar-refractivity contribution in [1.29, 1.82) is 0 Å². The highest BCUT2D eigenvalue weighted by Gasteiger charge is 2.41. The largest absolute Gasteiger partial charge is 0.330 e. The fourth-order valence-electron chi connectivity index (χ4n) is 2.80. The number of nitrogens with zero attached hydrogens (tertiary/aromatic N) is 1. The minimum Gasteiger partial charge on any atom is -0.330 e. The van der Waals surface area contributed by atoms with E-state index in [1.54, 1.807) is 0 Å². The van der Waals surface area contributed by atoms with E-state index in [4.69, 9.17) is 5.73 Å². The van der Waals surface area contributed by atoms with E-state index < -0.39 is 16.2 Å². The molecule has 1 fully saturated rings. The third-order valence-corrected chi connectivity index (χ3v) is 3.67. The van der Waals surface area contributed by atoms with E-state index in [1.165, 1.54) is 18.2 Å². The Hall–Kier alpha value is -1.49. The van der Waals surface area contributed by atoms with Crippen molar-refractivity contribution in [3.8, 4) is 0 Å². The van der Waals surface area contributed by atoms with Crippen LogP contribution in [0.15, 0.2) is 18.2 Å². The van der Waals surface area contributed by atoms with Crippen molar-refractivity contribution in [1.82, 2.24) is 0 Å². The molecular formula is C12H15FN2O2. The molecule has 1 aliphatic rings. The van der Waals surface area contributed by atoms with Crippen molar-refractivity contribution in [3.63, 3.8) is 0 Å². The number of rotatable bonds is 3. The van der Waals surface area contributed by atoms with Crippen LogP contribution in [0.25, 0.3) is 0 Å². The Morgan fingerprint density at radius 3 is 2.59 bits per heavy atom. The molecule has 0 unspecified atom stereocenters. The van der Waals surface area contributed by atoms with Gasteiger partial charge in [-0.3, -0.25) is 10.1 Å². The molecular weight excluding hydrogens is 223 g/mol. The predicted octanol–water partition coefficient (Wildman–Crippen LogP) is 2.50. The number of nitro benzene ring substituents is 1. The lowest BCUT2D eigenvalue weighted by Gasteiger charge is -2.27. The zero-order chi connectivity index (χ0) is 12.5. The van der Waals surface area contributed by atoms with Crippen LogP contribution in [0.3, 0.4) is 0 Å². The lowest BCUT2D eigenvalue weighted by molar-refractivity contribution is -0.386. The number of nitro groups is 1. The van der Waals surface area contributed by atoms with Gasteiger partial charge in [0.25, 0.3) is 5.69 Å². The fourth-order valence-corrected chi connectivity index (χ4v) is 2.80. The molecule has 0 atom stereocenters. The third-order valence-electron chi connectivity index (χ3n) is 3.67. The molecule has 1 aliphatic carbocycles. The quantitative estimate of drug-likeness (QED) is 0.649. The maximum absolute atomic E-state index is 13.9. The fraction of sp³-hybridized carbons (Fsp3) is 0.500. The lowest BCUT2D eigenvalue weighted by atomic mass is 9.78. The molecule has 2 rings (SSSR count). The van der Waals surface area contributed by atoms with Gasteiger partial charge < -0.3 is 5.73 Å². The van der Waals surface area contributed by atoms with Gasteiger partial charge in [0, 0.05) is 18.0 Å². The second-order valence-corrected chi connectivity index (χ2v) is 4.58. The van der Waals surface area contributed by atoms with Gasteiger partial charge in [0.15, 0.2) is 0 Å². The molecule has 4 nitrogen and oxygen atoms in total. The van der Waals surface area contributed by atoms with Crippen molar-refractivity contribution in [2.75, 3.05) is 6.54 Å². The Kier molecular flexibility index (Phi) is 3.11. The van der Waals surface area contributed by atoms with Crippen molar-refractivity contribution in [2.24, 2.45) is 5.73 Å². The lowest BCUT2D eigenvalue weighted by Crippen LogP contribution is -2.33. The first kappa shape index (κ1) is 12.0. The topological polar surface area (TPSA) is 69.2 Å². The first-order valence-electron chi connectivity index (χ1n) is 5.74. The number of benzene rings is 1. The molecule has 0 bridgehead atoms. The highest BCUT2D eigenvalue weighted by atomic mass is 19.1. The molecule has 5 heteroatoms. The molecule has 2 N–H and O–H groups in total. The van der Waals surface area contributed by atoms with E-state index in [2.05, 4.69) is 0 Å². The zero-order valence-electron chi connectivity index (χ0n) is 9.49. The summed E-state index contributed by atoms with van der Waals surface area (Å²) < 4.78 is 13.9. The summed E-state index contributed by atoms with van der Waals surface area (Å²) in [5.41, 5.74) is 5.26. The van der Waals surface area contributed by atoms with Crippen LogP contribution in [0.1, 0.15) is 31.2 Å². The monoisotopic (exact) mass is 238 g/mol. The molecule has 0 spiro atoms. The van der Waals surface area contributed by atoms with Crippen LogP contribution in [0, 0.1) is 15.9 Å². The van der Waals surface area contributed by atoms with Crippen molar-refractivity contribution in [3.05, 3.63) is 39.7 Å². The average Bonchev–Trinajstić information content (AvgIpc) is 2.78. The molecule has 1 aromatic rings. The predicted molar refractivity (Wildman–Crippen MR) is 62.3 cm³/mol. The van der Waals surface area contributed by atoms with Crippen molar-refractivity contribution < 1.29 is 9.31 Å². The summed E-state index contributed by atoms with van der Waals surface area (Å²) in [6.07, 6.45) is 3.35.